The van der Waals surface area contributed by atoms with Gasteiger partial charge in [0.2, 0.25) is 0 Å². The van der Waals surface area contributed by atoms with Gasteiger partial charge in [0.15, 0.2) is 5.96 Å². The summed E-state index contributed by atoms with van der Waals surface area (Å²) in [6.07, 6.45) is 4.31. The number of nitrogens with zero attached hydrogens (tertiary/aromatic N) is 1. The number of rotatable bonds is 8. The van der Waals surface area contributed by atoms with Crippen LogP contribution >= 0.6 is 24.0 Å². The van der Waals surface area contributed by atoms with Gasteiger partial charge >= 0.3 is 5.97 Å². The van der Waals surface area contributed by atoms with Gasteiger partial charge in [-0.15, -0.1) is 24.0 Å². The van der Waals surface area contributed by atoms with Crippen LogP contribution in [-0.4, -0.2) is 52.4 Å². The molecule has 1 saturated carbocycles. The van der Waals surface area contributed by atoms with E-state index < -0.39 is 10.8 Å². The maximum atomic E-state index is 12.0. The number of carbonyl (C=O) groups excluding carboxylic acids is 1. The fraction of sp³-hybridized carbons (Fsp3) is 0.882. The molecule has 0 aromatic heterocycles. The first-order chi connectivity index (χ1) is 11.5. The minimum Gasteiger partial charge on any atom is -0.463 e. The van der Waals surface area contributed by atoms with E-state index in [1.807, 2.05) is 27.7 Å². The molecule has 25 heavy (non-hydrogen) atoms. The molecular weight excluding hydrogens is 453 g/mol. The largest absolute Gasteiger partial charge is 0.463 e. The molecule has 1 aliphatic rings. The van der Waals surface area contributed by atoms with Crippen molar-refractivity contribution in [1.82, 2.24) is 10.6 Å². The second-order valence-electron chi connectivity index (χ2n) is 6.35. The smallest absolute Gasteiger partial charge is 0.307 e. The second kappa shape index (κ2) is 13.8. The third-order valence-electron chi connectivity index (χ3n) is 3.92. The van der Waals surface area contributed by atoms with Gasteiger partial charge in [-0.3, -0.25) is 14.0 Å². The Hall–Kier alpha value is -0.380. The zero-order valence-electron chi connectivity index (χ0n) is 15.9. The van der Waals surface area contributed by atoms with Crippen LogP contribution in [0, 0.1) is 0 Å². The van der Waals surface area contributed by atoms with E-state index in [2.05, 4.69) is 15.6 Å². The van der Waals surface area contributed by atoms with Crippen LogP contribution in [0.3, 0.4) is 0 Å². The molecule has 0 aromatic carbocycles. The zero-order valence-corrected chi connectivity index (χ0v) is 19.0. The van der Waals surface area contributed by atoms with E-state index in [0.717, 1.165) is 43.9 Å². The number of aliphatic imine (C=N–C) groups is 1. The van der Waals surface area contributed by atoms with Crippen LogP contribution in [0.15, 0.2) is 4.99 Å². The second-order valence-corrected chi connectivity index (χ2v) is 8.35. The third kappa shape index (κ3) is 10.4. The van der Waals surface area contributed by atoms with Gasteiger partial charge in [0.25, 0.3) is 0 Å². The highest BCUT2D eigenvalue weighted by atomic mass is 127. The summed E-state index contributed by atoms with van der Waals surface area (Å²) < 4.78 is 17.2. The van der Waals surface area contributed by atoms with Crippen LogP contribution in [-0.2, 0) is 20.3 Å². The molecule has 148 valence electrons. The fourth-order valence-electron chi connectivity index (χ4n) is 2.84. The van der Waals surface area contributed by atoms with Gasteiger partial charge in [0, 0.05) is 34.4 Å². The van der Waals surface area contributed by atoms with Crippen molar-refractivity contribution < 1.29 is 13.7 Å². The predicted octanol–water partition coefficient (Wildman–Crippen LogP) is 2.58. The minimum absolute atomic E-state index is 0. The summed E-state index contributed by atoms with van der Waals surface area (Å²) in [4.78, 5) is 16.0. The number of nitrogens with one attached hydrogen (secondary N) is 2. The van der Waals surface area contributed by atoms with Gasteiger partial charge in [-0.25, -0.2) is 0 Å². The molecule has 3 unspecified atom stereocenters. The highest BCUT2D eigenvalue weighted by molar-refractivity contribution is 14.0. The lowest BCUT2D eigenvalue weighted by molar-refractivity contribution is -0.147. The molecular formula is C17H34IN3O3S. The fourth-order valence-corrected chi connectivity index (χ4v) is 4.19. The molecule has 0 amide bonds. The molecule has 0 bridgehead atoms. The van der Waals surface area contributed by atoms with Crippen LogP contribution in [0.25, 0.3) is 0 Å². The number of ether oxygens (including phenoxy) is 1. The van der Waals surface area contributed by atoms with Gasteiger partial charge in [-0.2, -0.15) is 0 Å². The van der Waals surface area contributed by atoms with Gasteiger partial charge in [-0.05, 0) is 40.0 Å². The van der Waals surface area contributed by atoms with Gasteiger partial charge < -0.3 is 15.4 Å². The van der Waals surface area contributed by atoms with E-state index in [9.17, 15) is 9.00 Å². The van der Waals surface area contributed by atoms with Crippen molar-refractivity contribution in [2.75, 3.05) is 18.8 Å². The van der Waals surface area contributed by atoms with Crippen molar-refractivity contribution in [3.05, 3.63) is 0 Å². The van der Waals surface area contributed by atoms with Crippen LogP contribution in [0.2, 0.25) is 0 Å². The number of carbonyl (C=O) groups is 1. The first-order valence-corrected chi connectivity index (χ1v) is 10.5. The lowest BCUT2D eigenvalue weighted by atomic mass is 9.95. The summed E-state index contributed by atoms with van der Waals surface area (Å²) in [5.41, 5.74) is 0. The van der Waals surface area contributed by atoms with E-state index in [1.54, 1.807) is 0 Å². The molecule has 3 atom stereocenters. The summed E-state index contributed by atoms with van der Waals surface area (Å²) in [6, 6.07) is 0.291. The summed E-state index contributed by atoms with van der Waals surface area (Å²) in [5, 5.41) is 6.93. The Balaban J connectivity index is 0.00000576. The van der Waals surface area contributed by atoms with Crippen molar-refractivity contribution in [1.29, 1.82) is 0 Å². The topological polar surface area (TPSA) is 79.8 Å². The standard InChI is InChI=1S/C17H33N3O3S.HI/c1-5-18-17(19-11-10-16(21)23-13(3)4)20-14-8-7-9-15(12-14)24(22)6-2;/h13-15H,5-12H2,1-4H3,(H2,18,19,20);1H. The molecule has 0 spiro atoms. The van der Waals surface area contributed by atoms with E-state index in [1.165, 1.54) is 0 Å². The maximum absolute atomic E-state index is 12.0. The highest BCUT2D eigenvalue weighted by Crippen LogP contribution is 2.22. The molecule has 2 N–H and O–H groups in total. The van der Waals surface area contributed by atoms with Crippen molar-refractivity contribution >= 4 is 46.7 Å². The molecule has 0 radical (unpaired) electrons. The maximum Gasteiger partial charge on any atom is 0.307 e. The van der Waals surface area contributed by atoms with E-state index in [-0.39, 0.29) is 47.7 Å². The summed E-state index contributed by atoms with van der Waals surface area (Å²) in [7, 11) is -0.732. The molecule has 8 heteroatoms. The minimum atomic E-state index is -0.732. The van der Waals surface area contributed by atoms with Crippen LogP contribution < -0.4 is 10.6 Å². The Morgan fingerprint density at radius 3 is 2.64 bits per heavy atom. The van der Waals surface area contributed by atoms with Crippen molar-refractivity contribution in [3.63, 3.8) is 0 Å². The summed E-state index contributed by atoms with van der Waals surface area (Å²) in [6.45, 7) is 8.84. The normalized spacial score (nSPS) is 22.0. The van der Waals surface area contributed by atoms with Crippen LogP contribution in [0.4, 0.5) is 0 Å². The van der Waals surface area contributed by atoms with E-state index in [0.29, 0.717) is 12.6 Å². The van der Waals surface area contributed by atoms with Crippen molar-refractivity contribution in [2.24, 2.45) is 4.99 Å². The van der Waals surface area contributed by atoms with E-state index in [4.69, 9.17) is 4.74 Å². The zero-order chi connectivity index (χ0) is 17.9. The average molecular weight is 487 g/mol. The Bertz CT molecular complexity index is 447. The summed E-state index contributed by atoms with van der Waals surface area (Å²) >= 11 is 0. The Labute approximate surface area is 171 Å². The summed E-state index contributed by atoms with van der Waals surface area (Å²) in [5.74, 6) is 1.23. The van der Waals surface area contributed by atoms with Gasteiger partial charge in [0.05, 0.1) is 19.1 Å². The quantitative estimate of drug-likeness (QED) is 0.238. The predicted molar refractivity (Wildman–Crippen MR) is 115 cm³/mol. The first-order valence-electron chi connectivity index (χ1n) is 9.07. The number of hydrogen-bond donors (Lipinski definition) is 2. The van der Waals surface area contributed by atoms with Gasteiger partial charge in [-0.1, -0.05) is 13.3 Å². The van der Waals surface area contributed by atoms with Crippen molar-refractivity contribution in [3.8, 4) is 0 Å². The van der Waals surface area contributed by atoms with Crippen LogP contribution in [0.1, 0.15) is 59.8 Å². The van der Waals surface area contributed by atoms with Gasteiger partial charge in [0.1, 0.15) is 0 Å². The number of guanidine groups is 1. The molecule has 1 rings (SSSR count). The molecule has 0 aromatic rings. The Morgan fingerprint density at radius 1 is 1.32 bits per heavy atom. The number of esters is 1. The Morgan fingerprint density at radius 2 is 2.04 bits per heavy atom. The first kappa shape index (κ1) is 24.6. The van der Waals surface area contributed by atoms with Crippen molar-refractivity contribution in [2.45, 2.75) is 77.2 Å². The molecule has 6 nitrogen and oxygen atoms in total. The average Bonchev–Trinajstić information content (AvgIpc) is 2.53. The molecule has 0 aliphatic heterocycles. The number of halogens is 1. The molecule has 1 aliphatic carbocycles. The molecule has 1 fully saturated rings. The highest BCUT2D eigenvalue weighted by Gasteiger charge is 2.26. The Kier molecular flexibility index (Phi) is 13.6. The third-order valence-corrected chi connectivity index (χ3v) is 5.66. The van der Waals surface area contributed by atoms with E-state index >= 15 is 0 Å². The molecule has 0 saturated heterocycles. The molecule has 0 heterocycles. The lowest BCUT2D eigenvalue weighted by Gasteiger charge is -2.30. The van der Waals surface area contributed by atoms with Crippen LogP contribution in [0.5, 0.6) is 0 Å². The monoisotopic (exact) mass is 487 g/mol. The number of hydrogen-bond acceptors (Lipinski definition) is 4. The lowest BCUT2D eigenvalue weighted by Crippen LogP contribution is -2.46. The SMILES string of the molecule is CCNC(=NCCC(=O)OC(C)C)NC1CCCC(S(=O)CC)C1.I.